The van der Waals surface area contributed by atoms with Crippen LogP contribution in [0, 0.1) is 0 Å². The lowest BCUT2D eigenvalue weighted by molar-refractivity contribution is 0.195. The predicted molar refractivity (Wildman–Crippen MR) is 120 cm³/mol. The Morgan fingerprint density at radius 3 is 2.52 bits per heavy atom. The molecule has 1 aliphatic carbocycles. The SMILES string of the molecule is CC12CCCCC1(C)N1c3cccc4c3B(c3ccccc3O4)c3cccc2c31. The first-order chi connectivity index (χ1) is 14.1. The predicted octanol–water partition coefficient (Wildman–Crippen LogP) is 4.36. The van der Waals surface area contributed by atoms with Crippen molar-refractivity contribution < 1.29 is 4.74 Å². The molecule has 3 aromatic carbocycles. The highest BCUT2D eigenvalue weighted by Gasteiger charge is 2.60. The van der Waals surface area contributed by atoms with Gasteiger partial charge in [0.25, 0.3) is 6.71 Å². The third-order valence-corrected chi connectivity index (χ3v) is 8.49. The highest BCUT2D eigenvalue weighted by atomic mass is 16.5. The van der Waals surface area contributed by atoms with Crippen LogP contribution in [0.1, 0.15) is 45.1 Å². The van der Waals surface area contributed by atoms with Crippen LogP contribution in [0.25, 0.3) is 0 Å². The lowest BCUT2D eigenvalue weighted by Gasteiger charge is -2.52. The molecule has 0 bridgehead atoms. The summed E-state index contributed by atoms with van der Waals surface area (Å²) in [6.45, 7) is 5.28. The zero-order valence-corrected chi connectivity index (χ0v) is 17.0. The van der Waals surface area contributed by atoms with Gasteiger partial charge in [0.05, 0.1) is 5.54 Å². The molecule has 2 nitrogen and oxygen atoms in total. The van der Waals surface area contributed by atoms with E-state index in [1.54, 1.807) is 5.56 Å². The Balaban J connectivity index is 1.62. The zero-order chi connectivity index (χ0) is 19.4. The van der Waals surface area contributed by atoms with Crippen LogP contribution in [0.2, 0.25) is 0 Å². The van der Waals surface area contributed by atoms with Gasteiger partial charge < -0.3 is 9.64 Å². The van der Waals surface area contributed by atoms with E-state index in [-0.39, 0.29) is 17.7 Å². The molecule has 7 rings (SSSR count). The van der Waals surface area contributed by atoms with Crippen LogP contribution in [0.3, 0.4) is 0 Å². The molecule has 0 aromatic heterocycles. The van der Waals surface area contributed by atoms with Crippen molar-refractivity contribution in [2.75, 3.05) is 4.90 Å². The molecule has 4 aliphatic rings. The van der Waals surface area contributed by atoms with E-state index < -0.39 is 0 Å². The second kappa shape index (κ2) is 5.08. The number of benzene rings is 3. The lowest BCUT2D eigenvalue weighted by Crippen LogP contribution is -2.63. The standard InChI is InChI=1S/C26H24BNO/c1-25-15-5-6-16-26(25,2)28-20-12-8-14-22-23(20)27(18-10-3-4-13-21(18)29-22)19-11-7-9-17(25)24(19)28/h3-4,7-14H,5-6,15-16H2,1-2H3. The minimum absolute atomic E-state index is 0.112. The molecule has 0 N–H and O–H groups in total. The van der Waals surface area contributed by atoms with Crippen LogP contribution >= 0.6 is 0 Å². The Morgan fingerprint density at radius 2 is 1.59 bits per heavy atom. The molecule has 2 unspecified atom stereocenters. The number of ether oxygens (including phenoxy) is 1. The number of anilines is 2. The van der Waals surface area contributed by atoms with Gasteiger partial charge in [0.2, 0.25) is 0 Å². The zero-order valence-electron chi connectivity index (χ0n) is 17.0. The Hall–Kier alpha value is -2.68. The minimum atomic E-state index is 0.112. The first-order valence-electron chi connectivity index (χ1n) is 11.0. The summed E-state index contributed by atoms with van der Waals surface area (Å²) in [6, 6.07) is 22.3. The van der Waals surface area contributed by atoms with Gasteiger partial charge in [-0.1, -0.05) is 62.2 Å². The monoisotopic (exact) mass is 377 g/mol. The minimum Gasteiger partial charge on any atom is -0.458 e. The number of para-hydroxylation sites is 2. The Kier molecular flexibility index (Phi) is 2.83. The van der Waals surface area contributed by atoms with Crippen LogP contribution in [-0.4, -0.2) is 12.3 Å². The van der Waals surface area contributed by atoms with Crippen molar-refractivity contribution >= 4 is 34.5 Å². The van der Waals surface area contributed by atoms with Crippen LogP contribution in [-0.2, 0) is 5.41 Å². The van der Waals surface area contributed by atoms with Crippen molar-refractivity contribution in [3.05, 3.63) is 66.2 Å². The van der Waals surface area contributed by atoms with Gasteiger partial charge in [-0.05, 0) is 59.9 Å². The third kappa shape index (κ3) is 1.69. The van der Waals surface area contributed by atoms with E-state index in [9.17, 15) is 0 Å². The van der Waals surface area contributed by atoms with Crippen LogP contribution in [0.4, 0.5) is 11.4 Å². The second-order valence-corrected chi connectivity index (χ2v) is 9.65. The molecule has 0 radical (unpaired) electrons. The summed E-state index contributed by atoms with van der Waals surface area (Å²) in [7, 11) is 0. The average Bonchev–Trinajstić information content (AvgIpc) is 2.96. The fourth-order valence-corrected chi connectivity index (χ4v) is 6.91. The van der Waals surface area contributed by atoms with Gasteiger partial charge >= 0.3 is 0 Å². The quantitative estimate of drug-likeness (QED) is 0.422. The molecular weight excluding hydrogens is 353 g/mol. The first-order valence-corrected chi connectivity index (χ1v) is 11.0. The van der Waals surface area contributed by atoms with E-state index in [1.807, 2.05) is 0 Å². The Labute approximate surface area is 172 Å². The molecule has 0 saturated heterocycles. The topological polar surface area (TPSA) is 12.5 Å². The third-order valence-electron chi connectivity index (χ3n) is 8.49. The van der Waals surface area contributed by atoms with Gasteiger partial charge in [0, 0.05) is 16.8 Å². The van der Waals surface area contributed by atoms with Crippen molar-refractivity contribution in [1.82, 2.24) is 0 Å². The van der Waals surface area contributed by atoms with Gasteiger partial charge in [0.1, 0.15) is 11.5 Å². The van der Waals surface area contributed by atoms with Crippen molar-refractivity contribution in [1.29, 1.82) is 0 Å². The van der Waals surface area contributed by atoms with Gasteiger partial charge in [-0.25, -0.2) is 0 Å². The molecule has 1 fully saturated rings. The summed E-state index contributed by atoms with van der Waals surface area (Å²) in [5.74, 6) is 2.02. The maximum Gasteiger partial charge on any atom is 0.256 e. The van der Waals surface area contributed by atoms with Gasteiger partial charge in [0.15, 0.2) is 0 Å². The van der Waals surface area contributed by atoms with Gasteiger partial charge in [-0.3, -0.25) is 0 Å². The molecule has 3 heteroatoms. The van der Waals surface area contributed by atoms with Crippen molar-refractivity contribution in [3.63, 3.8) is 0 Å². The summed E-state index contributed by atoms with van der Waals surface area (Å²) < 4.78 is 6.42. The van der Waals surface area contributed by atoms with E-state index in [1.165, 1.54) is 53.4 Å². The van der Waals surface area contributed by atoms with E-state index >= 15 is 0 Å². The molecule has 2 atom stereocenters. The van der Waals surface area contributed by atoms with E-state index in [2.05, 4.69) is 79.4 Å². The highest BCUT2D eigenvalue weighted by Crippen LogP contribution is 2.61. The second-order valence-electron chi connectivity index (χ2n) is 9.65. The average molecular weight is 377 g/mol. The first kappa shape index (κ1) is 16.2. The van der Waals surface area contributed by atoms with E-state index in [0.29, 0.717) is 0 Å². The van der Waals surface area contributed by atoms with E-state index in [0.717, 1.165) is 11.5 Å². The molecule has 0 spiro atoms. The molecule has 0 amide bonds. The summed E-state index contributed by atoms with van der Waals surface area (Å²) in [5, 5.41) is 0. The number of rotatable bonds is 0. The Bertz CT molecular complexity index is 1200. The largest absolute Gasteiger partial charge is 0.458 e. The summed E-state index contributed by atoms with van der Waals surface area (Å²) in [5.41, 5.74) is 8.79. The number of fused-ring (bicyclic) bond motifs is 7. The fourth-order valence-electron chi connectivity index (χ4n) is 6.91. The van der Waals surface area contributed by atoms with Crippen LogP contribution in [0.15, 0.2) is 60.7 Å². The van der Waals surface area contributed by atoms with Crippen molar-refractivity contribution in [2.45, 2.75) is 50.5 Å². The number of hydrogen-bond acceptors (Lipinski definition) is 2. The van der Waals surface area contributed by atoms with Gasteiger partial charge in [-0.15, -0.1) is 0 Å². The van der Waals surface area contributed by atoms with E-state index in [4.69, 9.17) is 4.74 Å². The normalized spacial score (nSPS) is 27.5. The molecular formula is C26H24BNO. The van der Waals surface area contributed by atoms with Crippen LogP contribution < -0.4 is 26.0 Å². The highest BCUT2D eigenvalue weighted by molar-refractivity contribution is 6.99. The van der Waals surface area contributed by atoms with Crippen molar-refractivity contribution in [3.8, 4) is 11.5 Å². The smallest absolute Gasteiger partial charge is 0.256 e. The lowest BCUT2D eigenvalue weighted by atomic mass is 9.34. The maximum atomic E-state index is 6.42. The summed E-state index contributed by atoms with van der Waals surface area (Å²) >= 11 is 0. The molecule has 3 aromatic rings. The molecule has 142 valence electrons. The van der Waals surface area contributed by atoms with Crippen molar-refractivity contribution in [2.24, 2.45) is 0 Å². The number of nitrogens with zero attached hydrogens (tertiary/aromatic N) is 1. The fraction of sp³-hybridized carbons (Fsp3) is 0.308. The van der Waals surface area contributed by atoms with Gasteiger partial charge in [-0.2, -0.15) is 0 Å². The maximum absolute atomic E-state index is 6.42. The molecule has 1 saturated carbocycles. The molecule has 3 aliphatic heterocycles. The Morgan fingerprint density at radius 1 is 0.828 bits per heavy atom. The number of hydrogen-bond donors (Lipinski definition) is 0. The molecule has 29 heavy (non-hydrogen) atoms. The molecule has 3 heterocycles. The summed E-state index contributed by atoms with van der Waals surface area (Å²) in [4.78, 5) is 2.71. The summed E-state index contributed by atoms with van der Waals surface area (Å²) in [6.07, 6.45) is 5.14. The van der Waals surface area contributed by atoms with Crippen LogP contribution in [0.5, 0.6) is 11.5 Å².